The SMILES string of the molecule is Cc1csc(C(C)NCc2nccs2)n1. The average Bonchev–Trinajstić information content (AvgIpc) is 2.84. The molecule has 0 aromatic carbocycles. The molecule has 80 valence electrons. The van der Waals surface area contributed by atoms with Crippen molar-refractivity contribution in [3.8, 4) is 0 Å². The molecule has 0 fully saturated rings. The van der Waals surface area contributed by atoms with Gasteiger partial charge in [0, 0.05) is 29.2 Å². The highest BCUT2D eigenvalue weighted by molar-refractivity contribution is 7.10. The van der Waals surface area contributed by atoms with Crippen molar-refractivity contribution in [2.24, 2.45) is 0 Å². The summed E-state index contributed by atoms with van der Waals surface area (Å²) in [6.07, 6.45) is 1.83. The molecule has 0 spiro atoms. The van der Waals surface area contributed by atoms with E-state index in [9.17, 15) is 0 Å². The molecular weight excluding hydrogens is 226 g/mol. The van der Waals surface area contributed by atoms with Gasteiger partial charge < -0.3 is 5.32 Å². The molecule has 15 heavy (non-hydrogen) atoms. The highest BCUT2D eigenvalue weighted by Gasteiger charge is 2.08. The van der Waals surface area contributed by atoms with E-state index >= 15 is 0 Å². The van der Waals surface area contributed by atoms with Crippen LogP contribution in [-0.4, -0.2) is 9.97 Å². The number of rotatable bonds is 4. The molecule has 1 atom stereocenters. The highest BCUT2D eigenvalue weighted by Crippen LogP contribution is 2.18. The van der Waals surface area contributed by atoms with Gasteiger partial charge in [-0.05, 0) is 13.8 Å². The highest BCUT2D eigenvalue weighted by atomic mass is 32.1. The van der Waals surface area contributed by atoms with Crippen molar-refractivity contribution in [1.29, 1.82) is 0 Å². The van der Waals surface area contributed by atoms with Gasteiger partial charge in [-0.25, -0.2) is 9.97 Å². The first-order valence-corrected chi connectivity index (χ1v) is 6.55. The molecule has 1 unspecified atom stereocenters. The smallest absolute Gasteiger partial charge is 0.110 e. The van der Waals surface area contributed by atoms with Gasteiger partial charge in [-0.15, -0.1) is 22.7 Å². The van der Waals surface area contributed by atoms with Gasteiger partial charge >= 0.3 is 0 Å². The Labute approximate surface area is 97.2 Å². The number of thiazole rings is 2. The maximum atomic E-state index is 4.45. The average molecular weight is 239 g/mol. The zero-order valence-electron chi connectivity index (χ0n) is 8.73. The molecule has 2 aromatic heterocycles. The van der Waals surface area contributed by atoms with Crippen LogP contribution in [0.4, 0.5) is 0 Å². The van der Waals surface area contributed by atoms with Crippen molar-refractivity contribution in [1.82, 2.24) is 15.3 Å². The van der Waals surface area contributed by atoms with Gasteiger partial charge in [0.25, 0.3) is 0 Å². The van der Waals surface area contributed by atoms with Crippen LogP contribution in [-0.2, 0) is 6.54 Å². The molecule has 0 aliphatic carbocycles. The predicted octanol–water partition coefficient (Wildman–Crippen LogP) is 2.76. The molecule has 0 saturated carbocycles. The van der Waals surface area contributed by atoms with Crippen molar-refractivity contribution in [3.63, 3.8) is 0 Å². The lowest BCUT2D eigenvalue weighted by Gasteiger charge is -2.08. The first-order chi connectivity index (χ1) is 7.25. The molecule has 0 aliphatic rings. The third kappa shape index (κ3) is 2.84. The number of aryl methyl sites for hydroxylation is 1. The van der Waals surface area contributed by atoms with Crippen molar-refractivity contribution in [2.75, 3.05) is 0 Å². The molecule has 0 radical (unpaired) electrons. The second kappa shape index (κ2) is 4.83. The van der Waals surface area contributed by atoms with Crippen LogP contribution in [0.5, 0.6) is 0 Å². The minimum atomic E-state index is 0.299. The molecule has 2 rings (SSSR count). The van der Waals surface area contributed by atoms with Crippen molar-refractivity contribution in [3.05, 3.63) is 32.7 Å². The lowest BCUT2D eigenvalue weighted by atomic mass is 10.3. The van der Waals surface area contributed by atoms with Crippen LogP contribution < -0.4 is 5.32 Å². The van der Waals surface area contributed by atoms with Crippen molar-refractivity contribution < 1.29 is 0 Å². The molecule has 0 bridgehead atoms. The summed E-state index contributed by atoms with van der Waals surface area (Å²) in [6, 6.07) is 0.299. The van der Waals surface area contributed by atoms with Gasteiger partial charge in [-0.2, -0.15) is 0 Å². The van der Waals surface area contributed by atoms with Crippen LogP contribution in [0.1, 0.15) is 28.7 Å². The number of aromatic nitrogens is 2. The Balaban J connectivity index is 1.90. The third-order valence-electron chi connectivity index (χ3n) is 2.05. The van der Waals surface area contributed by atoms with E-state index in [-0.39, 0.29) is 0 Å². The predicted molar refractivity (Wildman–Crippen MR) is 64.2 cm³/mol. The largest absolute Gasteiger partial charge is 0.302 e. The van der Waals surface area contributed by atoms with Crippen LogP contribution in [0, 0.1) is 6.92 Å². The summed E-state index contributed by atoms with van der Waals surface area (Å²) >= 11 is 3.38. The Kier molecular flexibility index (Phi) is 3.45. The first kappa shape index (κ1) is 10.7. The minimum Gasteiger partial charge on any atom is -0.302 e. The van der Waals surface area contributed by atoms with Crippen LogP contribution in [0.2, 0.25) is 0 Å². The van der Waals surface area contributed by atoms with Crippen molar-refractivity contribution >= 4 is 22.7 Å². The van der Waals surface area contributed by atoms with Crippen LogP contribution in [0.25, 0.3) is 0 Å². The van der Waals surface area contributed by atoms with E-state index in [1.165, 1.54) is 0 Å². The summed E-state index contributed by atoms with van der Waals surface area (Å²) in [7, 11) is 0. The number of nitrogens with one attached hydrogen (secondary N) is 1. The van der Waals surface area contributed by atoms with E-state index in [2.05, 4.69) is 27.6 Å². The van der Waals surface area contributed by atoms with Crippen molar-refractivity contribution in [2.45, 2.75) is 26.4 Å². The fraction of sp³-hybridized carbons (Fsp3) is 0.400. The van der Waals surface area contributed by atoms with Gasteiger partial charge in [-0.1, -0.05) is 0 Å². The quantitative estimate of drug-likeness (QED) is 0.891. The van der Waals surface area contributed by atoms with Crippen LogP contribution >= 0.6 is 22.7 Å². The molecule has 3 nitrogen and oxygen atoms in total. The number of nitrogens with zero attached hydrogens (tertiary/aromatic N) is 2. The summed E-state index contributed by atoms with van der Waals surface area (Å²) < 4.78 is 0. The molecular formula is C10H13N3S2. The third-order valence-corrected chi connectivity index (χ3v) is 3.98. The minimum absolute atomic E-state index is 0.299. The first-order valence-electron chi connectivity index (χ1n) is 4.79. The molecule has 0 amide bonds. The summed E-state index contributed by atoms with van der Waals surface area (Å²) in [5, 5.41) is 9.75. The zero-order chi connectivity index (χ0) is 10.7. The monoisotopic (exact) mass is 239 g/mol. The van der Waals surface area contributed by atoms with E-state index < -0.39 is 0 Å². The standard InChI is InChI=1S/C10H13N3S2/c1-7-6-15-10(13-7)8(2)12-5-9-11-3-4-14-9/h3-4,6,8,12H,5H2,1-2H3. The van der Waals surface area contributed by atoms with E-state index in [1.54, 1.807) is 22.7 Å². The maximum Gasteiger partial charge on any atom is 0.110 e. The van der Waals surface area contributed by atoms with Gasteiger partial charge in [0.1, 0.15) is 10.0 Å². The Morgan fingerprint density at radius 3 is 2.93 bits per heavy atom. The molecule has 0 aliphatic heterocycles. The number of hydrogen-bond acceptors (Lipinski definition) is 5. The Morgan fingerprint density at radius 2 is 2.33 bits per heavy atom. The second-order valence-corrected chi connectivity index (χ2v) is 5.22. The number of hydrogen-bond donors (Lipinski definition) is 1. The van der Waals surface area contributed by atoms with Gasteiger partial charge in [-0.3, -0.25) is 0 Å². The summed E-state index contributed by atoms with van der Waals surface area (Å²) in [6.45, 7) is 4.97. The van der Waals surface area contributed by atoms with E-state index in [0.717, 1.165) is 22.3 Å². The van der Waals surface area contributed by atoms with E-state index in [1.807, 2.05) is 18.5 Å². The summed E-state index contributed by atoms with van der Waals surface area (Å²) in [5.74, 6) is 0. The fourth-order valence-corrected chi connectivity index (χ4v) is 2.63. The van der Waals surface area contributed by atoms with Crippen LogP contribution in [0.3, 0.4) is 0 Å². The Hall–Kier alpha value is -0.780. The Bertz CT molecular complexity index is 408. The van der Waals surface area contributed by atoms with Gasteiger partial charge in [0.15, 0.2) is 0 Å². The maximum absolute atomic E-state index is 4.45. The molecule has 1 N–H and O–H groups in total. The van der Waals surface area contributed by atoms with Gasteiger partial charge in [0.2, 0.25) is 0 Å². The lowest BCUT2D eigenvalue weighted by molar-refractivity contribution is 0.569. The molecule has 0 saturated heterocycles. The van der Waals surface area contributed by atoms with E-state index in [0.29, 0.717) is 6.04 Å². The lowest BCUT2D eigenvalue weighted by Crippen LogP contribution is -2.17. The summed E-state index contributed by atoms with van der Waals surface area (Å²) in [4.78, 5) is 8.68. The van der Waals surface area contributed by atoms with Crippen LogP contribution in [0.15, 0.2) is 17.0 Å². The molecule has 5 heteroatoms. The normalized spacial score (nSPS) is 12.9. The molecule has 2 heterocycles. The zero-order valence-corrected chi connectivity index (χ0v) is 10.4. The second-order valence-electron chi connectivity index (χ2n) is 3.36. The molecule has 2 aromatic rings. The van der Waals surface area contributed by atoms with Gasteiger partial charge in [0.05, 0.1) is 6.04 Å². The topological polar surface area (TPSA) is 37.8 Å². The van der Waals surface area contributed by atoms with E-state index in [4.69, 9.17) is 0 Å². The fourth-order valence-electron chi connectivity index (χ4n) is 1.24. The Morgan fingerprint density at radius 1 is 1.47 bits per heavy atom. The summed E-state index contributed by atoms with van der Waals surface area (Å²) in [5.41, 5.74) is 1.10.